The second kappa shape index (κ2) is 8.52. The summed E-state index contributed by atoms with van der Waals surface area (Å²) in [5, 5.41) is 13.4. The third kappa shape index (κ3) is 4.98. The SMILES string of the molecule is CNC(=O)OCCN(Cc1ccccc1)c1cccc([N+](=O)[O-])c1. The molecule has 1 amide bonds. The highest BCUT2D eigenvalue weighted by Gasteiger charge is 2.13. The minimum atomic E-state index is -0.506. The molecular weight excluding hydrogens is 310 g/mol. The fourth-order valence-corrected chi connectivity index (χ4v) is 2.23. The lowest BCUT2D eigenvalue weighted by molar-refractivity contribution is -0.384. The van der Waals surface area contributed by atoms with Crippen LogP contribution < -0.4 is 10.2 Å². The minimum absolute atomic E-state index is 0.0257. The Labute approximate surface area is 140 Å². The first-order valence-corrected chi connectivity index (χ1v) is 7.48. The molecule has 2 aromatic carbocycles. The molecule has 0 unspecified atom stereocenters. The van der Waals surface area contributed by atoms with Gasteiger partial charge in [-0.1, -0.05) is 36.4 Å². The van der Waals surface area contributed by atoms with Crippen molar-refractivity contribution in [2.24, 2.45) is 0 Å². The van der Waals surface area contributed by atoms with Crippen molar-refractivity contribution >= 4 is 17.5 Å². The average molecular weight is 329 g/mol. The number of benzene rings is 2. The van der Waals surface area contributed by atoms with Crippen molar-refractivity contribution in [1.82, 2.24) is 5.32 Å². The van der Waals surface area contributed by atoms with E-state index in [1.54, 1.807) is 12.1 Å². The van der Waals surface area contributed by atoms with Crippen LogP contribution in [0.1, 0.15) is 5.56 Å². The zero-order chi connectivity index (χ0) is 17.4. The fourth-order valence-electron chi connectivity index (χ4n) is 2.23. The molecule has 2 rings (SSSR count). The van der Waals surface area contributed by atoms with E-state index in [0.29, 0.717) is 18.8 Å². The molecule has 0 heterocycles. The first-order chi connectivity index (χ1) is 11.6. The molecule has 1 N–H and O–H groups in total. The standard InChI is InChI=1S/C17H19N3O4/c1-18-17(21)24-11-10-19(13-14-6-3-2-4-7-14)15-8-5-9-16(12-15)20(22)23/h2-9,12H,10-11,13H2,1H3,(H,18,21). The molecule has 7 heteroatoms. The van der Waals surface area contributed by atoms with Gasteiger partial charge in [0.15, 0.2) is 0 Å². The number of carbonyl (C=O) groups excluding carboxylic acids is 1. The van der Waals surface area contributed by atoms with E-state index >= 15 is 0 Å². The summed E-state index contributed by atoms with van der Waals surface area (Å²) in [6.07, 6.45) is -0.506. The minimum Gasteiger partial charge on any atom is -0.448 e. The van der Waals surface area contributed by atoms with Crippen LogP contribution in [0.25, 0.3) is 0 Å². The summed E-state index contributed by atoms with van der Waals surface area (Å²) in [6, 6.07) is 16.2. The Bertz CT molecular complexity index is 691. The summed E-state index contributed by atoms with van der Waals surface area (Å²) < 4.78 is 5.03. The molecule has 0 spiro atoms. The number of rotatable bonds is 7. The number of non-ortho nitro benzene ring substituents is 1. The van der Waals surface area contributed by atoms with E-state index in [1.807, 2.05) is 35.2 Å². The molecule has 0 radical (unpaired) electrons. The monoisotopic (exact) mass is 329 g/mol. The predicted molar refractivity (Wildman–Crippen MR) is 91.0 cm³/mol. The number of hydrogen-bond acceptors (Lipinski definition) is 5. The Hall–Kier alpha value is -3.09. The second-order valence-corrected chi connectivity index (χ2v) is 5.07. The number of nitrogens with one attached hydrogen (secondary N) is 1. The number of anilines is 1. The van der Waals surface area contributed by atoms with Crippen LogP contribution in [0.3, 0.4) is 0 Å². The molecule has 0 aliphatic heterocycles. The molecular formula is C17H19N3O4. The molecule has 2 aromatic rings. The van der Waals surface area contributed by atoms with Crippen molar-refractivity contribution in [3.05, 3.63) is 70.3 Å². The average Bonchev–Trinajstić information content (AvgIpc) is 2.61. The summed E-state index contributed by atoms with van der Waals surface area (Å²) in [4.78, 5) is 23.7. The lowest BCUT2D eigenvalue weighted by atomic mass is 10.2. The van der Waals surface area contributed by atoms with Gasteiger partial charge in [0, 0.05) is 31.4 Å². The third-order valence-corrected chi connectivity index (χ3v) is 3.42. The maximum absolute atomic E-state index is 11.2. The Morgan fingerprint density at radius 2 is 1.96 bits per heavy atom. The van der Waals surface area contributed by atoms with Crippen molar-refractivity contribution in [1.29, 1.82) is 0 Å². The van der Waals surface area contributed by atoms with Crippen LogP contribution in [-0.4, -0.2) is 31.2 Å². The Morgan fingerprint density at radius 1 is 1.21 bits per heavy atom. The quantitative estimate of drug-likeness (QED) is 0.623. The molecule has 0 aliphatic rings. The maximum atomic E-state index is 11.2. The van der Waals surface area contributed by atoms with Crippen LogP contribution in [0.5, 0.6) is 0 Å². The lowest BCUT2D eigenvalue weighted by Gasteiger charge is -2.24. The van der Waals surface area contributed by atoms with Crippen LogP contribution in [0.15, 0.2) is 54.6 Å². The lowest BCUT2D eigenvalue weighted by Crippen LogP contribution is -2.29. The van der Waals surface area contributed by atoms with Gasteiger partial charge in [0.2, 0.25) is 0 Å². The largest absolute Gasteiger partial charge is 0.448 e. The van der Waals surface area contributed by atoms with Crippen molar-refractivity contribution in [2.75, 3.05) is 25.1 Å². The van der Waals surface area contributed by atoms with E-state index in [4.69, 9.17) is 4.74 Å². The molecule has 0 atom stereocenters. The summed E-state index contributed by atoms with van der Waals surface area (Å²) >= 11 is 0. The third-order valence-electron chi connectivity index (χ3n) is 3.42. The number of ether oxygens (including phenoxy) is 1. The number of nitro benzene ring substituents is 1. The molecule has 7 nitrogen and oxygen atoms in total. The molecule has 24 heavy (non-hydrogen) atoms. The first kappa shape index (κ1) is 17.3. The number of amides is 1. The van der Waals surface area contributed by atoms with Crippen LogP contribution in [0.4, 0.5) is 16.2 Å². The Balaban J connectivity index is 2.16. The topological polar surface area (TPSA) is 84.7 Å². The van der Waals surface area contributed by atoms with Gasteiger partial charge in [-0.05, 0) is 11.6 Å². The molecule has 0 bridgehead atoms. The van der Waals surface area contributed by atoms with Gasteiger partial charge in [0.25, 0.3) is 5.69 Å². The first-order valence-electron chi connectivity index (χ1n) is 7.48. The normalized spacial score (nSPS) is 10.0. The number of hydrogen-bond donors (Lipinski definition) is 1. The summed E-state index contributed by atoms with van der Waals surface area (Å²) in [6.45, 7) is 1.15. The van der Waals surface area contributed by atoms with E-state index in [2.05, 4.69) is 5.32 Å². The van der Waals surface area contributed by atoms with Crippen molar-refractivity contribution in [3.8, 4) is 0 Å². The number of nitro groups is 1. The Kier molecular flexibility index (Phi) is 6.13. The van der Waals surface area contributed by atoms with Crippen LogP contribution in [0.2, 0.25) is 0 Å². The van der Waals surface area contributed by atoms with Crippen molar-refractivity contribution in [2.45, 2.75) is 6.54 Å². The van der Waals surface area contributed by atoms with Gasteiger partial charge in [-0.3, -0.25) is 10.1 Å². The number of carbonyl (C=O) groups is 1. The molecule has 0 saturated carbocycles. The smallest absolute Gasteiger partial charge is 0.406 e. The highest BCUT2D eigenvalue weighted by atomic mass is 16.6. The van der Waals surface area contributed by atoms with Crippen LogP contribution >= 0.6 is 0 Å². The van der Waals surface area contributed by atoms with E-state index in [1.165, 1.54) is 19.2 Å². The number of alkyl carbamates (subject to hydrolysis) is 1. The molecule has 0 aliphatic carbocycles. The van der Waals surface area contributed by atoms with Gasteiger partial charge < -0.3 is 15.0 Å². The van der Waals surface area contributed by atoms with Gasteiger partial charge in [0.1, 0.15) is 6.61 Å². The summed E-state index contributed by atoms with van der Waals surface area (Å²) in [5.41, 5.74) is 1.79. The van der Waals surface area contributed by atoms with Gasteiger partial charge >= 0.3 is 6.09 Å². The van der Waals surface area contributed by atoms with E-state index in [9.17, 15) is 14.9 Å². The number of nitrogens with zero attached hydrogens (tertiary/aromatic N) is 2. The highest BCUT2D eigenvalue weighted by Crippen LogP contribution is 2.22. The summed E-state index contributed by atoms with van der Waals surface area (Å²) in [7, 11) is 1.49. The van der Waals surface area contributed by atoms with Crippen LogP contribution in [-0.2, 0) is 11.3 Å². The molecule has 0 saturated heterocycles. The summed E-state index contributed by atoms with van der Waals surface area (Å²) in [5.74, 6) is 0. The molecule has 126 valence electrons. The second-order valence-electron chi connectivity index (χ2n) is 5.07. The van der Waals surface area contributed by atoms with Gasteiger partial charge in [-0.2, -0.15) is 0 Å². The van der Waals surface area contributed by atoms with Gasteiger partial charge in [0.05, 0.1) is 11.5 Å². The van der Waals surface area contributed by atoms with E-state index in [-0.39, 0.29) is 12.3 Å². The Morgan fingerprint density at radius 3 is 2.62 bits per heavy atom. The van der Waals surface area contributed by atoms with E-state index < -0.39 is 11.0 Å². The molecule has 0 fully saturated rings. The fraction of sp³-hybridized carbons (Fsp3) is 0.235. The van der Waals surface area contributed by atoms with E-state index in [0.717, 1.165) is 5.56 Å². The zero-order valence-corrected chi connectivity index (χ0v) is 13.3. The van der Waals surface area contributed by atoms with Crippen LogP contribution in [0, 0.1) is 10.1 Å². The van der Waals surface area contributed by atoms with Crippen molar-refractivity contribution < 1.29 is 14.5 Å². The zero-order valence-electron chi connectivity index (χ0n) is 13.3. The van der Waals surface area contributed by atoms with Gasteiger partial charge in [-0.15, -0.1) is 0 Å². The highest BCUT2D eigenvalue weighted by molar-refractivity contribution is 5.66. The van der Waals surface area contributed by atoms with Crippen molar-refractivity contribution in [3.63, 3.8) is 0 Å². The maximum Gasteiger partial charge on any atom is 0.406 e. The predicted octanol–water partition coefficient (Wildman–Crippen LogP) is 2.96. The van der Waals surface area contributed by atoms with Gasteiger partial charge in [-0.25, -0.2) is 4.79 Å². The molecule has 0 aromatic heterocycles.